The number of fused-ring (bicyclic) bond motifs is 2. The first-order valence-corrected chi connectivity index (χ1v) is 12.3. The van der Waals surface area contributed by atoms with E-state index in [9.17, 15) is 19.6 Å². The van der Waals surface area contributed by atoms with Crippen molar-refractivity contribution in [3.63, 3.8) is 0 Å². The number of carboxylic acids is 1. The summed E-state index contributed by atoms with van der Waals surface area (Å²) in [6, 6.07) is 14.8. The maximum absolute atomic E-state index is 16.4. The number of rotatable bonds is 6. The van der Waals surface area contributed by atoms with Crippen molar-refractivity contribution in [2.45, 2.75) is 37.6 Å². The van der Waals surface area contributed by atoms with Crippen molar-refractivity contribution in [1.29, 1.82) is 5.26 Å². The molecule has 0 bridgehead atoms. The lowest BCUT2D eigenvalue weighted by molar-refractivity contribution is 0.0697. The molecule has 0 amide bonds. The number of nitrogens with zero attached hydrogens (tertiary/aromatic N) is 3. The molecule has 1 aliphatic heterocycles. The van der Waals surface area contributed by atoms with Gasteiger partial charge in [-0.25, -0.2) is 13.6 Å². The van der Waals surface area contributed by atoms with Gasteiger partial charge in [0, 0.05) is 58.0 Å². The Morgan fingerprint density at radius 3 is 2.58 bits per heavy atom. The van der Waals surface area contributed by atoms with E-state index in [2.05, 4.69) is 11.1 Å². The molecule has 4 aromatic rings. The number of benzene rings is 3. The standard InChI is InChI=1S/C30H23F2N3O3/c1-38-22-13-20(31)12-21(14-22)35-24-11-19-15-34-16-23(19)27(32)26(24)25(17-3-5-18(6-4-17)29(36)37)28(35)30(9-10-33)7-2-8-30/h3-6,11-15H,2,7-9,16H2,1H3,(H,36,37). The number of carbonyl (C=O) groups is 1. The third-order valence-corrected chi connectivity index (χ3v) is 7.81. The summed E-state index contributed by atoms with van der Waals surface area (Å²) >= 11 is 0. The second kappa shape index (κ2) is 8.80. The lowest BCUT2D eigenvalue weighted by Gasteiger charge is -2.42. The molecule has 1 N–H and O–H groups in total. The van der Waals surface area contributed by atoms with Crippen LogP contribution in [0.3, 0.4) is 0 Å². The highest BCUT2D eigenvalue weighted by atomic mass is 19.1. The number of nitriles is 1. The first-order chi connectivity index (χ1) is 18.4. The summed E-state index contributed by atoms with van der Waals surface area (Å²) in [5.41, 5.74) is 3.56. The Kier molecular flexibility index (Phi) is 5.53. The van der Waals surface area contributed by atoms with Crippen molar-refractivity contribution in [3.8, 4) is 28.6 Å². The van der Waals surface area contributed by atoms with Crippen LogP contribution in [-0.2, 0) is 12.0 Å². The van der Waals surface area contributed by atoms with Crippen LogP contribution >= 0.6 is 0 Å². The van der Waals surface area contributed by atoms with Crippen LogP contribution in [0.15, 0.2) is 53.5 Å². The summed E-state index contributed by atoms with van der Waals surface area (Å²) in [6.45, 7) is 0.214. The van der Waals surface area contributed by atoms with Crippen molar-refractivity contribution in [2.75, 3.05) is 7.11 Å². The largest absolute Gasteiger partial charge is 0.497 e. The van der Waals surface area contributed by atoms with E-state index < -0.39 is 23.0 Å². The van der Waals surface area contributed by atoms with Gasteiger partial charge >= 0.3 is 5.97 Å². The maximum Gasteiger partial charge on any atom is 0.335 e. The number of hydrogen-bond acceptors (Lipinski definition) is 4. The smallest absolute Gasteiger partial charge is 0.335 e. The average molecular weight is 512 g/mol. The molecule has 6 nitrogen and oxygen atoms in total. The van der Waals surface area contributed by atoms with Gasteiger partial charge in [0.15, 0.2) is 0 Å². The SMILES string of the molecule is COc1cc(F)cc(-n2c(C3(CC#N)CCC3)c(-c3ccc(C(=O)O)cc3)c3c(F)c4c(cc32)C=NC4)c1. The predicted octanol–water partition coefficient (Wildman–Crippen LogP) is 6.55. The zero-order chi connectivity index (χ0) is 26.6. The van der Waals surface area contributed by atoms with Crippen LogP contribution in [0, 0.1) is 23.0 Å². The van der Waals surface area contributed by atoms with Crippen LogP contribution in [0.5, 0.6) is 5.75 Å². The number of carboxylic acid groups (broad SMARTS) is 1. The van der Waals surface area contributed by atoms with E-state index >= 15 is 4.39 Å². The Labute approximate surface area is 217 Å². The van der Waals surface area contributed by atoms with Crippen LogP contribution in [0.4, 0.5) is 8.78 Å². The Morgan fingerprint density at radius 2 is 1.95 bits per heavy atom. The van der Waals surface area contributed by atoms with Gasteiger partial charge in [0.1, 0.15) is 17.4 Å². The summed E-state index contributed by atoms with van der Waals surface area (Å²) < 4.78 is 38.4. The molecule has 2 heterocycles. The summed E-state index contributed by atoms with van der Waals surface area (Å²) in [6.07, 6.45) is 4.17. The summed E-state index contributed by atoms with van der Waals surface area (Å²) in [5, 5.41) is 19.6. The molecule has 0 atom stereocenters. The van der Waals surface area contributed by atoms with E-state index in [1.807, 2.05) is 10.6 Å². The fourth-order valence-electron chi connectivity index (χ4n) is 5.85. The number of methoxy groups -OCH3 is 1. The predicted molar refractivity (Wildman–Crippen MR) is 139 cm³/mol. The highest BCUT2D eigenvalue weighted by Gasteiger charge is 2.45. The summed E-state index contributed by atoms with van der Waals surface area (Å²) in [7, 11) is 1.45. The van der Waals surface area contributed by atoms with Crippen LogP contribution in [-0.4, -0.2) is 29.0 Å². The molecule has 0 spiro atoms. The first-order valence-electron chi connectivity index (χ1n) is 12.3. The second-order valence-corrected chi connectivity index (χ2v) is 9.88. The van der Waals surface area contributed by atoms with Crippen molar-refractivity contribution < 1.29 is 23.4 Å². The Hall–Kier alpha value is -4.51. The maximum atomic E-state index is 16.4. The minimum atomic E-state index is -1.06. The van der Waals surface area contributed by atoms with Crippen molar-refractivity contribution in [1.82, 2.24) is 4.57 Å². The zero-order valence-electron chi connectivity index (χ0n) is 20.6. The van der Waals surface area contributed by atoms with Gasteiger partial charge < -0.3 is 14.4 Å². The number of aliphatic imine (C=N–C) groups is 1. The molecular weight excluding hydrogens is 488 g/mol. The summed E-state index contributed by atoms with van der Waals surface area (Å²) in [5.74, 6) is -1.67. The Morgan fingerprint density at radius 1 is 1.18 bits per heavy atom. The van der Waals surface area contributed by atoms with Gasteiger partial charge in [-0.3, -0.25) is 4.99 Å². The first kappa shape index (κ1) is 23.9. The van der Waals surface area contributed by atoms with Gasteiger partial charge in [-0.1, -0.05) is 18.6 Å². The molecule has 1 saturated carbocycles. The van der Waals surface area contributed by atoms with Gasteiger partial charge in [-0.15, -0.1) is 0 Å². The number of hydrogen-bond donors (Lipinski definition) is 1. The average Bonchev–Trinajstić information content (AvgIpc) is 3.49. The van der Waals surface area contributed by atoms with Crippen LogP contribution in [0.1, 0.15) is 52.9 Å². The van der Waals surface area contributed by atoms with E-state index in [1.54, 1.807) is 24.4 Å². The number of ether oxygens (including phenoxy) is 1. The normalized spacial score (nSPS) is 15.2. The van der Waals surface area contributed by atoms with Gasteiger partial charge in [0.25, 0.3) is 0 Å². The minimum absolute atomic E-state index is 0.110. The van der Waals surface area contributed by atoms with Crippen LogP contribution < -0.4 is 4.74 Å². The molecule has 0 unspecified atom stereocenters. The molecule has 6 rings (SSSR count). The monoisotopic (exact) mass is 511 g/mol. The van der Waals surface area contributed by atoms with E-state index in [0.717, 1.165) is 12.1 Å². The van der Waals surface area contributed by atoms with E-state index in [1.165, 1.54) is 31.4 Å². The molecule has 1 aromatic heterocycles. The second-order valence-electron chi connectivity index (χ2n) is 9.88. The molecule has 0 radical (unpaired) electrons. The van der Waals surface area contributed by atoms with Gasteiger partial charge in [-0.2, -0.15) is 5.26 Å². The third-order valence-electron chi connectivity index (χ3n) is 7.81. The lowest BCUT2D eigenvalue weighted by atomic mass is 9.63. The van der Waals surface area contributed by atoms with Crippen LogP contribution in [0.2, 0.25) is 0 Å². The molecule has 1 fully saturated rings. The van der Waals surface area contributed by atoms with Gasteiger partial charge in [-0.05, 0) is 42.7 Å². The molecule has 2 aliphatic rings. The fourth-order valence-corrected chi connectivity index (χ4v) is 5.85. The number of aromatic carboxylic acids is 1. The number of halogens is 2. The molecule has 8 heteroatoms. The van der Waals surface area contributed by atoms with Crippen molar-refractivity contribution in [2.24, 2.45) is 4.99 Å². The van der Waals surface area contributed by atoms with Gasteiger partial charge in [0.2, 0.25) is 0 Å². The highest BCUT2D eigenvalue weighted by Crippen LogP contribution is 2.54. The molecule has 0 saturated heterocycles. The highest BCUT2D eigenvalue weighted by molar-refractivity contribution is 6.04. The minimum Gasteiger partial charge on any atom is -0.497 e. The van der Waals surface area contributed by atoms with E-state index in [0.29, 0.717) is 57.4 Å². The number of aromatic nitrogens is 1. The molecular formula is C30H23F2N3O3. The molecule has 190 valence electrons. The van der Waals surface area contributed by atoms with Crippen molar-refractivity contribution >= 4 is 23.1 Å². The quantitative estimate of drug-likeness (QED) is 0.318. The van der Waals surface area contributed by atoms with E-state index in [4.69, 9.17) is 4.74 Å². The fraction of sp³-hybridized carbons (Fsp3) is 0.233. The molecule has 38 heavy (non-hydrogen) atoms. The topological polar surface area (TPSA) is 87.6 Å². The Bertz CT molecular complexity index is 1690. The Balaban J connectivity index is 1.79. The molecule has 3 aromatic carbocycles. The lowest BCUT2D eigenvalue weighted by Crippen LogP contribution is -2.36. The zero-order valence-corrected chi connectivity index (χ0v) is 20.6. The van der Waals surface area contributed by atoms with E-state index in [-0.39, 0.29) is 18.5 Å². The van der Waals surface area contributed by atoms with Crippen LogP contribution in [0.25, 0.3) is 27.7 Å². The van der Waals surface area contributed by atoms with Crippen molar-refractivity contribution in [3.05, 3.63) is 82.5 Å². The molecule has 1 aliphatic carbocycles. The van der Waals surface area contributed by atoms with Gasteiger partial charge in [0.05, 0.1) is 36.5 Å². The third kappa shape index (κ3) is 3.50. The summed E-state index contributed by atoms with van der Waals surface area (Å²) in [4.78, 5) is 15.8.